The molecule has 6 heteroatoms. The molecule has 3 aliphatic rings. The van der Waals surface area contributed by atoms with E-state index in [1.54, 1.807) is 13.2 Å². The molecule has 1 aromatic carbocycles. The lowest BCUT2D eigenvalue weighted by molar-refractivity contribution is -0.128. The highest BCUT2D eigenvalue weighted by Gasteiger charge is 2.32. The van der Waals surface area contributed by atoms with Crippen molar-refractivity contribution in [2.24, 2.45) is 10.9 Å². The summed E-state index contributed by atoms with van der Waals surface area (Å²) in [6, 6.07) is 7.93. The van der Waals surface area contributed by atoms with Crippen molar-refractivity contribution in [3.63, 3.8) is 0 Å². The number of fused-ring (bicyclic) bond motifs is 1. The number of dihydropyridines is 1. The number of hydrogen-bond donors (Lipinski definition) is 0. The van der Waals surface area contributed by atoms with Gasteiger partial charge in [-0.2, -0.15) is 0 Å². The number of hydrogen-bond acceptors (Lipinski definition) is 4. The summed E-state index contributed by atoms with van der Waals surface area (Å²) in [5.74, 6) is 0.156. The van der Waals surface area contributed by atoms with Gasteiger partial charge in [0.1, 0.15) is 5.75 Å². The normalized spacial score (nSPS) is 21.5. The molecule has 0 bridgehead atoms. The summed E-state index contributed by atoms with van der Waals surface area (Å²) in [5, 5.41) is 0. The van der Waals surface area contributed by atoms with Crippen LogP contribution in [0, 0.1) is 5.92 Å². The Bertz CT molecular complexity index is 890. The predicted molar refractivity (Wildman–Crippen MR) is 104 cm³/mol. The molecule has 1 atom stereocenters. The molecule has 2 aliphatic heterocycles. The third kappa shape index (κ3) is 3.43. The van der Waals surface area contributed by atoms with Gasteiger partial charge in [0.05, 0.1) is 18.7 Å². The maximum Gasteiger partial charge on any atom is 0.270 e. The minimum absolute atomic E-state index is 0.0778. The first kappa shape index (κ1) is 17.3. The van der Waals surface area contributed by atoms with Gasteiger partial charge in [-0.3, -0.25) is 9.59 Å². The second-order valence-electron chi connectivity index (χ2n) is 6.68. The minimum atomic E-state index is -0.362. The van der Waals surface area contributed by atoms with Crippen LogP contribution < -0.4 is 9.64 Å². The fraction of sp³-hybridized carbons (Fsp3) is 0.286. The van der Waals surface area contributed by atoms with E-state index in [0.29, 0.717) is 24.4 Å². The van der Waals surface area contributed by atoms with Crippen molar-refractivity contribution in [3.8, 4) is 5.75 Å². The van der Waals surface area contributed by atoms with E-state index in [-0.39, 0.29) is 17.7 Å². The van der Waals surface area contributed by atoms with Gasteiger partial charge in [0, 0.05) is 49.6 Å². The Hall–Kier alpha value is -3.15. The Morgan fingerprint density at radius 2 is 2.00 bits per heavy atom. The van der Waals surface area contributed by atoms with Crippen LogP contribution >= 0.6 is 0 Å². The topological polar surface area (TPSA) is 62.2 Å². The Kier molecular flexibility index (Phi) is 4.62. The highest BCUT2D eigenvalue weighted by atomic mass is 16.5. The number of aliphatic imine (C=N–C) groups is 1. The summed E-state index contributed by atoms with van der Waals surface area (Å²) in [7, 11) is 1.65. The molecule has 0 N–H and O–H groups in total. The standard InChI is InChI=1S/C21H21N3O3/c1-27-16-6-4-5-15(13-16)23-9-11-24(12-10-23)21(26)18-14-20(25)22-19-8-3-2-7-17(18)19/h2-8,13-14,17H,9-12H2,1H3. The molecule has 1 aromatic rings. The minimum Gasteiger partial charge on any atom is -0.497 e. The van der Waals surface area contributed by atoms with E-state index in [1.165, 1.54) is 6.08 Å². The Morgan fingerprint density at radius 3 is 2.78 bits per heavy atom. The quantitative estimate of drug-likeness (QED) is 0.824. The molecule has 6 nitrogen and oxygen atoms in total. The lowest BCUT2D eigenvalue weighted by atomic mass is 9.87. The second kappa shape index (κ2) is 7.23. The molecule has 4 rings (SSSR count). The van der Waals surface area contributed by atoms with Crippen molar-refractivity contribution >= 4 is 23.2 Å². The number of piperazine rings is 1. The van der Waals surface area contributed by atoms with Crippen LogP contribution in [0.2, 0.25) is 0 Å². The van der Waals surface area contributed by atoms with Crippen LogP contribution in [0.15, 0.2) is 65.2 Å². The summed E-state index contributed by atoms with van der Waals surface area (Å²) in [4.78, 5) is 33.0. The van der Waals surface area contributed by atoms with E-state index in [2.05, 4.69) is 9.89 Å². The van der Waals surface area contributed by atoms with E-state index in [0.717, 1.165) is 24.5 Å². The number of carbonyl (C=O) groups is 2. The van der Waals surface area contributed by atoms with Crippen LogP contribution in [-0.4, -0.2) is 55.7 Å². The zero-order chi connectivity index (χ0) is 18.8. The summed E-state index contributed by atoms with van der Waals surface area (Å²) in [6.45, 7) is 2.70. The number of methoxy groups -OCH3 is 1. The van der Waals surface area contributed by atoms with Gasteiger partial charge in [0.25, 0.3) is 11.8 Å². The molecule has 1 fully saturated rings. The SMILES string of the molecule is COc1cccc(N2CCN(C(=O)C3=CC(=O)N=C4C=CC=CC34)CC2)c1. The molecule has 27 heavy (non-hydrogen) atoms. The molecule has 0 spiro atoms. The number of carbonyl (C=O) groups excluding carboxylic acids is 2. The van der Waals surface area contributed by atoms with E-state index in [9.17, 15) is 9.59 Å². The fourth-order valence-corrected chi connectivity index (χ4v) is 3.64. The van der Waals surface area contributed by atoms with Crippen molar-refractivity contribution in [1.29, 1.82) is 0 Å². The number of ether oxygens (including phenoxy) is 1. The Labute approximate surface area is 158 Å². The van der Waals surface area contributed by atoms with E-state index >= 15 is 0 Å². The van der Waals surface area contributed by atoms with Crippen LogP contribution in [0.3, 0.4) is 0 Å². The van der Waals surface area contributed by atoms with Gasteiger partial charge in [-0.25, -0.2) is 4.99 Å². The van der Waals surface area contributed by atoms with Gasteiger partial charge < -0.3 is 14.5 Å². The number of amides is 2. The molecular weight excluding hydrogens is 342 g/mol. The molecule has 1 saturated heterocycles. The zero-order valence-corrected chi connectivity index (χ0v) is 15.2. The summed E-state index contributed by atoms with van der Waals surface area (Å²) < 4.78 is 5.29. The van der Waals surface area contributed by atoms with Crippen LogP contribution in [0.25, 0.3) is 0 Å². The molecule has 0 radical (unpaired) electrons. The highest BCUT2D eigenvalue weighted by molar-refractivity contribution is 6.18. The van der Waals surface area contributed by atoms with Crippen LogP contribution in [0.4, 0.5) is 5.69 Å². The average molecular weight is 363 g/mol. The summed E-state index contributed by atoms with van der Waals surface area (Å²) in [6.07, 6.45) is 8.82. The van der Waals surface area contributed by atoms with Crippen LogP contribution in [-0.2, 0) is 9.59 Å². The molecule has 1 aliphatic carbocycles. The van der Waals surface area contributed by atoms with Crippen molar-refractivity contribution in [3.05, 3.63) is 60.2 Å². The first-order valence-electron chi connectivity index (χ1n) is 9.03. The molecule has 0 aromatic heterocycles. The molecule has 1 unspecified atom stereocenters. The van der Waals surface area contributed by atoms with Crippen molar-refractivity contribution in [2.45, 2.75) is 0 Å². The zero-order valence-electron chi connectivity index (χ0n) is 15.2. The molecule has 0 saturated carbocycles. The fourth-order valence-electron chi connectivity index (χ4n) is 3.64. The third-order valence-electron chi connectivity index (χ3n) is 5.09. The van der Waals surface area contributed by atoms with Gasteiger partial charge in [0.2, 0.25) is 0 Å². The van der Waals surface area contributed by atoms with Crippen molar-refractivity contribution in [2.75, 3.05) is 38.2 Å². The smallest absolute Gasteiger partial charge is 0.270 e. The van der Waals surface area contributed by atoms with Gasteiger partial charge in [0.15, 0.2) is 0 Å². The van der Waals surface area contributed by atoms with Crippen molar-refractivity contribution < 1.29 is 14.3 Å². The van der Waals surface area contributed by atoms with E-state index < -0.39 is 0 Å². The summed E-state index contributed by atoms with van der Waals surface area (Å²) in [5.41, 5.74) is 2.24. The molecule has 138 valence electrons. The molecule has 2 amide bonds. The largest absolute Gasteiger partial charge is 0.497 e. The number of anilines is 1. The van der Waals surface area contributed by atoms with Gasteiger partial charge in [-0.05, 0) is 18.2 Å². The third-order valence-corrected chi connectivity index (χ3v) is 5.09. The number of nitrogens with zero attached hydrogens (tertiary/aromatic N) is 3. The Balaban J connectivity index is 1.45. The van der Waals surface area contributed by atoms with Crippen molar-refractivity contribution in [1.82, 2.24) is 4.90 Å². The highest BCUT2D eigenvalue weighted by Crippen LogP contribution is 2.26. The first-order valence-corrected chi connectivity index (χ1v) is 9.03. The van der Waals surface area contributed by atoms with E-state index in [1.807, 2.05) is 47.4 Å². The maximum atomic E-state index is 13.1. The predicted octanol–water partition coefficient (Wildman–Crippen LogP) is 1.99. The van der Waals surface area contributed by atoms with E-state index in [4.69, 9.17) is 4.74 Å². The second-order valence-corrected chi connectivity index (χ2v) is 6.68. The molecule has 2 heterocycles. The molecular formula is C21H21N3O3. The number of benzene rings is 1. The lowest BCUT2D eigenvalue weighted by Crippen LogP contribution is -2.50. The first-order chi connectivity index (χ1) is 13.2. The average Bonchev–Trinajstić information content (AvgIpc) is 2.72. The summed E-state index contributed by atoms with van der Waals surface area (Å²) >= 11 is 0. The van der Waals surface area contributed by atoms with Crippen LogP contribution in [0.1, 0.15) is 0 Å². The van der Waals surface area contributed by atoms with Crippen LogP contribution in [0.5, 0.6) is 5.75 Å². The van der Waals surface area contributed by atoms with Gasteiger partial charge >= 0.3 is 0 Å². The van der Waals surface area contributed by atoms with Gasteiger partial charge in [-0.1, -0.05) is 24.3 Å². The number of allylic oxidation sites excluding steroid dienone is 4. The number of rotatable bonds is 3. The maximum absolute atomic E-state index is 13.1. The lowest BCUT2D eigenvalue weighted by Gasteiger charge is -2.37. The Morgan fingerprint density at radius 1 is 1.19 bits per heavy atom. The van der Waals surface area contributed by atoms with Gasteiger partial charge in [-0.15, -0.1) is 0 Å². The monoisotopic (exact) mass is 363 g/mol.